The van der Waals surface area contributed by atoms with E-state index in [-0.39, 0.29) is 10.6 Å². The van der Waals surface area contributed by atoms with E-state index in [1.807, 2.05) is 30.8 Å². The van der Waals surface area contributed by atoms with Crippen molar-refractivity contribution in [2.24, 2.45) is 0 Å². The van der Waals surface area contributed by atoms with Gasteiger partial charge in [-0.05, 0) is 62.4 Å². The number of thioether (sulfide) groups is 1. The molecule has 2 aromatic carbocycles. The zero-order chi connectivity index (χ0) is 33.6. The Morgan fingerprint density at radius 2 is 1.60 bits per heavy atom. The number of phenols is 1. The van der Waals surface area contributed by atoms with Gasteiger partial charge in [0.05, 0.1) is 17.4 Å². The molecule has 250 valence electrons. The van der Waals surface area contributed by atoms with Crippen LogP contribution < -0.4 is 20.2 Å². The first-order valence-corrected chi connectivity index (χ1v) is 15.6. The summed E-state index contributed by atoms with van der Waals surface area (Å²) < 4.78 is 73.0. The van der Waals surface area contributed by atoms with Gasteiger partial charge >= 0.3 is 28.8 Å². The Bertz CT molecular complexity index is 1400. The Morgan fingerprint density at radius 1 is 0.956 bits per heavy atom. The summed E-state index contributed by atoms with van der Waals surface area (Å²) in [5.74, 6) is -3.80. The summed E-state index contributed by atoms with van der Waals surface area (Å²) in [4.78, 5) is 33.2. The van der Waals surface area contributed by atoms with E-state index in [0.717, 1.165) is 61.1 Å². The maximum absolute atomic E-state index is 11.6. The third-order valence-corrected chi connectivity index (χ3v) is 7.90. The minimum absolute atomic E-state index is 0.0225. The SMILES string of the molecule is CCOc1ccc(CCNCCCSCCNC[C@H](O)c2ccc(O)c3[nH]c(=O)sc23)cc1.O=C(C(=O)C(F)(F)F)C(F)(F)F. The molecule has 0 amide bonds. The molecule has 5 N–H and O–H groups in total. The van der Waals surface area contributed by atoms with Gasteiger partial charge in [-0.15, -0.1) is 0 Å². The van der Waals surface area contributed by atoms with E-state index in [1.165, 1.54) is 11.6 Å². The van der Waals surface area contributed by atoms with Crippen molar-refractivity contribution in [3.8, 4) is 11.5 Å². The van der Waals surface area contributed by atoms with Crippen LogP contribution in [0.1, 0.15) is 30.6 Å². The smallest absolute Gasteiger partial charge is 0.458 e. The number of carbonyl (C=O) groups excluding carboxylic acids is 2. The minimum atomic E-state index is -5.77. The molecule has 0 aliphatic heterocycles. The molecule has 17 heteroatoms. The minimum Gasteiger partial charge on any atom is -0.506 e. The predicted molar refractivity (Wildman–Crippen MR) is 160 cm³/mol. The molecule has 1 aromatic heterocycles. The Hall–Kier alpha value is -3.12. The summed E-state index contributed by atoms with van der Waals surface area (Å²) in [6.45, 7) is 5.87. The van der Waals surface area contributed by atoms with Gasteiger partial charge in [0.1, 0.15) is 17.0 Å². The van der Waals surface area contributed by atoms with Crippen molar-refractivity contribution in [2.75, 3.05) is 44.3 Å². The summed E-state index contributed by atoms with van der Waals surface area (Å²) in [6, 6.07) is 11.5. The number of aliphatic hydroxyl groups is 1. The largest absolute Gasteiger partial charge is 0.506 e. The summed E-state index contributed by atoms with van der Waals surface area (Å²) in [6.07, 6.45) is -10.1. The van der Waals surface area contributed by atoms with E-state index < -0.39 is 30.0 Å². The number of benzene rings is 2. The van der Waals surface area contributed by atoms with Gasteiger partial charge in [0.2, 0.25) is 0 Å². The number of alkyl halides is 6. The Labute approximate surface area is 262 Å². The number of ether oxygens (including phenoxy) is 1. The second kappa shape index (κ2) is 18.1. The number of aromatic amines is 1. The fourth-order valence-corrected chi connectivity index (χ4v) is 5.49. The number of ketones is 2. The van der Waals surface area contributed by atoms with Gasteiger partial charge in [-0.3, -0.25) is 14.4 Å². The molecule has 0 aliphatic carbocycles. The van der Waals surface area contributed by atoms with Gasteiger partial charge < -0.3 is 30.6 Å². The van der Waals surface area contributed by atoms with Crippen molar-refractivity contribution < 1.29 is 50.9 Å². The molecule has 3 aromatic rings. The van der Waals surface area contributed by atoms with E-state index in [1.54, 1.807) is 6.07 Å². The molecule has 45 heavy (non-hydrogen) atoms. The van der Waals surface area contributed by atoms with Crippen LogP contribution in [0.2, 0.25) is 0 Å². The molecule has 0 radical (unpaired) electrons. The number of aromatic hydroxyl groups is 1. The number of aliphatic hydroxyl groups excluding tert-OH is 1. The number of fused-ring (bicyclic) bond motifs is 1. The number of aromatic nitrogens is 1. The number of Topliss-reactive ketones (excluding diaryl/α,β-unsaturated/α-hetero) is 2. The maximum atomic E-state index is 11.6. The normalized spacial score (nSPS) is 12.4. The number of rotatable bonds is 16. The lowest BCUT2D eigenvalue weighted by Gasteiger charge is -2.13. The van der Waals surface area contributed by atoms with Gasteiger partial charge in [0.15, 0.2) is 0 Å². The summed E-state index contributed by atoms with van der Waals surface area (Å²) in [5, 5.41) is 27.1. The first-order valence-electron chi connectivity index (χ1n) is 13.6. The molecule has 0 aliphatic rings. The number of hydrogen-bond donors (Lipinski definition) is 5. The van der Waals surface area contributed by atoms with Crippen molar-refractivity contribution in [3.05, 3.63) is 57.2 Å². The highest BCUT2D eigenvalue weighted by molar-refractivity contribution is 7.99. The van der Waals surface area contributed by atoms with E-state index in [4.69, 9.17) is 4.74 Å². The fraction of sp³-hybridized carbons (Fsp3) is 0.464. The Morgan fingerprint density at radius 3 is 2.20 bits per heavy atom. The van der Waals surface area contributed by atoms with Crippen LogP contribution in [0.25, 0.3) is 10.2 Å². The Kier molecular flexibility index (Phi) is 15.3. The molecule has 0 unspecified atom stereocenters. The molecule has 0 saturated carbocycles. The van der Waals surface area contributed by atoms with Crippen LogP contribution in [-0.2, 0) is 16.0 Å². The number of hydrogen-bond acceptors (Lipinski definition) is 10. The maximum Gasteiger partial charge on any atom is 0.458 e. The molecule has 0 bridgehead atoms. The average molecular weight is 686 g/mol. The lowest BCUT2D eigenvalue weighted by Crippen LogP contribution is -2.39. The topological polar surface area (TPSA) is 141 Å². The molecule has 0 fully saturated rings. The number of halogens is 6. The molecular formula is C28H33F6N3O6S2. The van der Waals surface area contributed by atoms with Gasteiger partial charge in [-0.2, -0.15) is 38.1 Å². The van der Waals surface area contributed by atoms with Gasteiger partial charge in [0.25, 0.3) is 0 Å². The lowest BCUT2D eigenvalue weighted by atomic mass is 10.1. The van der Waals surface area contributed by atoms with Crippen molar-refractivity contribution in [1.29, 1.82) is 0 Å². The zero-order valence-electron chi connectivity index (χ0n) is 24.0. The highest BCUT2D eigenvalue weighted by Crippen LogP contribution is 2.31. The number of H-pyrrole nitrogens is 1. The van der Waals surface area contributed by atoms with Gasteiger partial charge in [-0.25, -0.2) is 0 Å². The summed E-state index contributed by atoms with van der Waals surface area (Å²) in [7, 11) is 0. The van der Waals surface area contributed by atoms with Crippen LogP contribution in [0.5, 0.6) is 11.5 Å². The Balaban J connectivity index is 0.000000498. The number of thiazole rings is 1. The fourth-order valence-electron chi connectivity index (χ4n) is 3.73. The van der Waals surface area contributed by atoms with Crippen LogP contribution in [-0.4, -0.2) is 83.4 Å². The summed E-state index contributed by atoms with van der Waals surface area (Å²) >= 11 is 2.90. The van der Waals surface area contributed by atoms with Gasteiger partial charge in [-0.1, -0.05) is 29.5 Å². The van der Waals surface area contributed by atoms with Crippen LogP contribution in [0.15, 0.2) is 41.2 Å². The van der Waals surface area contributed by atoms with E-state index in [2.05, 4.69) is 27.8 Å². The van der Waals surface area contributed by atoms with E-state index in [0.29, 0.717) is 28.9 Å². The first kappa shape index (κ1) is 38.1. The number of carbonyl (C=O) groups is 2. The van der Waals surface area contributed by atoms with Crippen LogP contribution >= 0.6 is 23.1 Å². The van der Waals surface area contributed by atoms with Crippen LogP contribution in [0, 0.1) is 0 Å². The molecular weight excluding hydrogens is 652 g/mol. The second-order valence-corrected chi connectivity index (χ2v) is 11.5. The summed E-state index contributed by atoms with van der Waals surface area (Å²) in [5.41, 5.74) is 2.36. The first-order chi connectivity index (χ1) is 21.1. The quantitative estimate of drug-likeness (QED) is 0.0837. The molecule has 0 spiro atoms. The van der Waals surface area contributed by atoms with Crippen molar-refractivity contribution in [1.82, 2.24) is 15.6 Å². The second-order valence-electron chi connectivity index (χ2n) is 9.31. The number of phenolic OH excluding ortho intramolecular Hbond substituents is 1. The molecule has 9 nitrogen and oxygen atoms in total. The van der Waals surface area contributed by atoms with Crippen molar-refractivity contribution >= 4 is 44.9 Å². The highest BCUT2D eigenvalue weighted by atomic mass is 32.2. The van der Waals surface area contributed by atoms with Crippen LogP contribution in [0.3, 0.4) is 0 Å². The molecule has 0 saturated heterocycles. The van der Waals surface area contributed by atoms with E-state index >= 15 is 0 Å². The van der Waals surface area contributed by atoms with Crippen molar-refractivity contribution in [2.45, 2.75) is 38.2 Å². The molecule has 1 heterocycles. The average Bonchev–Trinajstić information content (AvgIpc) is 3.37. The van der Waals surface area contributed by atoms with Crippen LogP contribution in [0.4, 0.5) is 26.3 Å². The third kappa shape index (κ3) is 13.0. The highest BCUT2D eigenvalue weighted by Gasteiger charge is 2.54. The zero-order valence-corrected chi connectivity index (χ0v) is 25.7. The van der Waals surface area contributed by atoms with Gasteiger partial charge in [0, 0.05) is 24.4 Å². The predicted octanol–water partition coefficient (Wildman–Crippen LogP) is 4.52. The standard InChI is InChI=1S/C24H33N3O4S2.C4F6O2/c1-2-31-18-6-4-17(5-7-18)10-12-25-11-3-14-32-15-13-26-16-21(29)19-8-9-20(28)22-23(19)33-24(30)27-22;5-3(6,7)1(11)2(12)4(8,9)10/h4-9,21,25-26,28-29H,2-3,10-16H2,1H3,(H,27,30);/t21-;/m0./s1. The van der Waals surface area contributed by atoms with Crippen molar-refractivity contribution in [3.63, 3.8) is 0 Å². The molecule has 1 atom stereocenters. The third-order valence-electron chi connectivity index (χ3n) is 5.90. The molecule has 3 rings (SSSR count). The number of nitrogens with one attached hydrogen (secondary N) is 3. The van der Waals surface area contributed by atoms with E-state index in [9.17, 15) is 50.9 Å². The monoisotopic (exact) mass is 685 g/mol. The lowest BCUT2D eigenvalue weighted by molar-refractivity contribution is -0.193.